The third-order valence-electron chi connectivity index (χ3n) is 5.02. The number of aldehydes is 1. The van der Waals surface area contributed by atoms with Gasteiger partial charge in [-0.25, -0.2) is 4.79 Å². The van der Waals surface area contributed by atoms with Crippen molar-refractivity contribution in [1.29, 1.82) is 10.7 Å². The van der Waals surface area contributed by atoms with Crippen LogP contribution in [-0.4, -0.2) is 47.0 Å². The largest absolute Gasteiger partial charge is 0.507 e. The molecule has 194 valence electrons. The summed E-state index contributed by atoms with van der Waals surface area (Å²) in [6.45, 7) is 2.74. The van der Waals surface area contributed by atoms with Gasteiger partial charge in [0.05, 0.1) is 17.2 Å². The molecule has 0 aromatic heterocycles. The van der Waals surface area contributed by atoms with Gasteiger partial charge in [0.25, 0.3) is 0 Å². The number of hydrogen-bond acceptors (Lipinski definition) is 8. The fourth-order valence-electron chi connectivity index (χ4n) is 3.34. The summed E-state index contributed by atoms with van der Waals surface area (Å²) in [5, 5.41) is 43.0. The maximum atomic E-state index is 11.5. The van der Waals surface area contributed by atoms with Crippen LogP contribution >= 0.6 is 0 Å². The lowest BCUT2D eigenvalue weighted by Crippen LogP contribution is -2.09. The van der Waals surface area contributed by atoms with E-state index in [4.69, 9.17) is 15.8 Å². The van der Waals surface area contributed by atoms with E-state index in [2.05, 4.69) is 16.0 Å². The van der Waals surface area contributed by atoms with Crippen molar-refractivity contribution in [3.8, 4) is 22.9 Å². The van der Waals surface area contributed by atoms with Gasteiger partial charge in [-0.15, -0.1) is 0 Å². The molecular formula is C27H25N5O6. The number of rotatable bonds is 7. The molecule has 3 rings (SSSR count). The normalized spacial score (nSPS) is 9.63. The average molecular weight is 516 g/mol. The molecule has 0 spiro atoms. The van der Waals surface area contributed by atoms with Crippen LogP contribution in [0.25, 0.3) is 11.1 Å². The maximum Gasteiger partial charge on any atom is 0.337 e. The summed E-state index contributed by atoms with van der Waals surface area (Å²) in [7, 11) is 1.63. The fourth-order valence-corrected chi connectivity index (χ4v) is 3.34. The smallest absolute Gasteiger partial charge is 0.337 e. The predicted octanol–water partition coefficient (Wildman–Crippen LogP) is 3.84. The first-order chi connectivity index (χ1) is 18.0. The van der Waals surface area contributed by atoms with Crippen molar-refractivity contribution in [2.45, 2.75) is 13.8 Å². The van der Waals surface area contributed by atoms with Gasteiger partial charge < -0.3 is 26.2 Å². The van der Waals surface area contributed by atoms with Crippen molar-refractivity contribution in [3.05, 3.63) is 71.3 Å². The van der Waals surface area contributed by atoms with E-state index in [1.54, 1.807) is 43.4 Å². The van der Waals surface area contributed by atoms with E-state index in [1.165, 1.54) is 32.0 Å². The summed E-state index contributed by atoms with van der Waals surface area (Å²) in [6.07, 6.45) is 0.314. The number of anilines is 3. The lowest BCUT2D eigenvalue weighted by molar-refractivity contribution is -0.115. The Hall–Kier alpha value is -5.50. The third kappa shape index (κ3) is 7.50. The van der Waals surface area contributed by atoms with Crippen LogP contribution in [-0.2, 0) is 14.4 Å². The van der Waals surface area contributed by atoms with E-state index in [1.807, 2.05) is 6.07 Å². The molecule has 0 aliphatic rings. The van der Waals surface area contributed by atoms with Gasteiger partial charge in [-0.1, -0.05) is 12.1 Å². The number of aromatic hydroxyl groups is 1. The minimum Gasteiger partial charge on any atom is -0.507 e. The molecule has 3 aromatic carbocycles. The average Bonchev–Trinajstić information content (AvgIpc) is 2.88. The van der Waals surface area contributed by atoms with Crippen molar-refractivity contribution >= 4 is 46.8 Å². The van der Waals surface area contributed by atoms with E-state index in [-0.39, 0.29) is 28.7 Å². The van der Waals surface area contributed by atoms with E-state index >= 15 is 0 Å². The minimum atomic E-state index is -1.04. The number of carboxylic acids is 1. The van der Waals surface area contributed by atoms with E-state index in [9.17, 15) is 24.3 Å². The summed E-state index contributed by atoms with van der Waals surface area (Å²) in [5.74, 6) is -1.81. The number of phenolic OH excluding ortho intramolecular Hbond substituents is 1. The summed E-state index contributed by atoms with van der Waals surface area (Å²) < 4.78 is 0. The maximum absolute atomic E-state index is 11.5. The van der Waals surface area contributed by atoms with Crippen molar-refractivity contribution in [2.75, 3.05) is 23.0 Å². The lowest BCUT2D eigenvalue weighted by Gasteiger charge is -2.14. The first-order valence-electron chi connectivity index (χ1n) is 11.0. The molecule has 2 amide bonds. The molecule has 0 saturated carbocycles. The third-order valence-corrected chi connectivity index (χ3v) is 5.02. The quantitative estimate of drug-likeness (QED) is 0.155. The summed E-state index contributed by atoms with van der Waals surface area (Å²) >= 11 is 0. The predicted molar refractivity (Wildman–Crippen MR) is 143 cm³/mol. The van der Waals surface area contributed by atoms with Crippen LogP contribution in [0.15, 0.2) is 54.6 Å². The van der Waals surface area contributed by atoms with Crippen LogP contribution in [0.3, 0.4) is 0 Å². The standard InChI is InChI=1S/C18H17N3O4.C9H8N2O2/c1-10(23)20-13-5-3-12(4-6-13)14-8-18(25)15(16(19)9-22)7-17(14)21-11(2)24;1-11-8-3-2-6(5-10)4-7(8)9(12)13/h3-9,19,25H,1-2H3,(H,20,23)(H,21,24);2-4,11H,1H3,(H,12,13). The Morgan fingerprint density at radius 2 is 1.55 bits per heavy atom. The van der Waals surface area contributed by atoms with Crippen molar-refractivity contribution in [2.24, 2.45) is 0 Å². The summed E-state index contributed by atoms with van der Waals surface area (Å²) in [6, 6.07) is 15.9. The van der Waals surface area contributed by atoms with Crippen LogP contribution in [0.5, 0.6) is 5.75 Å². The summed E-state index contributed by atoms with van der Waals surface area (Å²) in [5.41, 5.74) is 2.76. The van der Waals surface area contributed by atoms with Crippen LogP contribution in [0.4, 0.5) is 17.1 Å². The van der Waals surface area contributed by atoms with Gasteiger partial charge in [-0.3, -0.25) is 19.8 Å². The highest BCUT2D eigenvalue weighted by molar-refractivity contribution is 6.35. The van der Waals surface area contributed by atoms with Crippen LogP contribution in [0.2, 0.25) is 0 Å². The lowest BCUT2D eigenvalue weighted by atomic mass is 9.98. The van der Waals surface area contributed by atoms with Gasteiger partial charge in [0, 0.05) is 49.1 Å². The second-order valence-corrected chi connectivity index (χ2v) is 7.81. The SMILES string of the molecule is CC(=O)Nc1ccc(-c2cc(O)c(C(=N)C=O)cc2NC(C)=O)cc1.CNc1ccc(C#N)cc1C(=O)O. The van der Waals surface area contributed by atoms with Crippen LogP contribution in [0.1, 0.15) is 35.3 Å². The highest BCUT2D eigenvalue weighted by Crippen LogP contribution is 2.35. The van der Waals surface area contributed by atoms with Gasteiger partial charge in [0.15, 0.2) is 6.29 Å². The Kier molecular flexibility index (Phi) is 9.82. The molecular weight excluding hydrogens is 490 g/mol. The Morgan fingerprint density at radius 1 is 0.921 bits per heavy atom. The molecule has 0 fully saturated rings. The zero-order valence-electron chi connectivity index (χ0n) is 20.7. The number of nitriles is 1. The van der Waals surface area contributed by atoms with E-state index < -0.39 is 11.7 Å². The number of carboxylic acid groups (broad SMARTS) is 1. The number of amides is 2. The molecule has 3 aromatic rings. The zero-order chi connectivity index (χ0) is 28.4. The molecule has 0 radical (unpaired) electrons. The molecule has 0 atom stereocenters. The molecule has 0 aliphatic carbocycles. The number of carbonyl (C=O) groups is 4. The Labute approximate surface area is 218 Å². The van der Waals surface area contributed by atoms with Gasteiger partial charge >= 0.3 is 5.97 Å². The van der Waals surface area contributed by atoms with Gasteiger partial charge in [0.2, 0.25) is 11.8 Å². The van der Waals surface area contributed by atoms with E-state index in [0.29, 0.717) is 40.0 Å². The molecule has 0 saturated heterocycles. The zero-order valence-corrected chi connectivity index (χ0v) is 20.7. The second kappa shape index (κ2) is 13.0. The number of carbonyl (C=O) groups excluding carboxylic acids is 3. The molecule has 0 unspecified atom stereocenters. The Balaban J connectivity index is 0.000000328. The van der Waals surface area contributed by atoms with Crippen LogP contribution < -0.4 is 16.0 Å². The number of benzene rings is 3. The van der Waals surface area contributed by atoms with Crippen molar-refractivity contribution in [3.63, 3.8) is 0 Å². The number of nitrogens with zero attached hydrogens (tertiary/aromatic N) is 1. The number of aromatic carboxylic acids is 1. The number of phenols is 1. The monoisotopic (exact) mass is 515 g/mol. The van der Waals surface area contributed by atoms with Gasteiger partial charge in [-0.05, 0) is 48.0 Å². The number of nitrogens with one attached hydrogen (secondary N) is 4. The Bertz CT molecular complexity index is 1440. The number of hydrogen-bond donors (Lipinski definition) is 6. The second-order valence-electron chi connectivity index (χ2n) is 7.81. The van der Waals surface area contributed by atoms with Gasteiger partial charge in [0.1, 0.15) is 11.5 Å². The molecule has 6 N–H and O–H groups in total. The highest BCUT2D eigenvalue weighted by atomic mass is 16.4. The molecule has 38 heavy (non-hydrogen) atoms. The first kappa shape index (κ1) is 28.7. The molecule has 11 heteroatoms. The Morgan fingerprint density at radius 3 is 2.05 bits per heavy atom. The van der Waals surface area contributed by atoms with Crippen molar-refractivity contribution in [1.82, 2.24) is 0 Å². The molecule has 11 nitrogen and oxygen atoms in total. The molecule has 0 bridgehead atoms. The highest BCUT2D eigenvalue weighted by Gasteiger charge is 2.15. The van der Waals surface area contributed by atoms with Gasteiger partial charge in [-0.2, -0.15) is 5.26 Å². The summed E-state index contributed by atoms with van der Waals surface area (Å²) in [4.78, 5) is 44.1. The minimum absolute atomic E-state index is 0.0253. The fraction of sp³-hybridized carbons (Fsp3) is 0.111. The molecule has 0 heterocycles. The van der Waals surface area contributed by atoms with Crippen LogP contribution in [0, 0.1) is 16.7 Å². The van der Waals surface area contributed by atoms with E-state index in [0.717, 1.165) is 0 Å². The first-order valence-corrected chi connectivity index (χ1v) is 11.0. The topological polar surface area (TPSA) is 192 Å². The van der Waals surface area contributed by atoms with Crippen molar-refractivity contribution < 1.29 is 29.4 Å². The molecule has 0 aliphatic heterocycles.